The van der Waals surface area contributed by atoms with Crippen molar-refractivity contribution in [3.63, 3.8) is 0 Å². The second-order valence-corrected chi connectivity index (χ2v) is 7.54. The lowest BCUT2D eigenvalue weighted by molar-refractivity contribution is -0.135. The maximum atomic E-state index is 12.9. The Morgan fingerprint density at radius 3 is 2.61 bits per heavy atom. The van der Waals surface area contributed by atoms with E-state index in [4.69, 9.17) is 9.47 Å². The zero-order valence-electron chi connectivity index (χ0n) is 16.2. The first kappa shape index (κ1) is 18.3. The smallest absolute Gasteiger partial charge is 0.231 e. The third-order valence-electron chi connectivity index (χ3n) is 5.29. The van der Waals surface area contributed by atoms with E-state index in [1.807, 2.05) is 49.4 Å². The molecule has 1 fully saturated rings. The van der Waals surface area contributed by atoms with Crippen molar-refractivity contribution in [3.05, 3.63) is 59.2 Å². The summed E-state index contributed by atoms with van der Waals surface area (Å²) in [7, 11) is 1.78. The van der Waals surface area contributed by atoms with E-state index in [9.17, 15) is 9.59 Å². The summed E-state index contributed by atoms with van der Waals surface area (Å²) < 4.78 is 10.7. The molecule has 0 bridgehead atoms. The molecule has 28 heavy (non-hydrogen) atoms. The second-order valence-electron chi connectivity index (χ2n) is 7.54. The fraction of sp³-hybridized carbons (Fsp3) is 0.364. The quantitative estimate of drug-likeness (QED) is 0.800. The van der Waals surface area contributed by atoms with Crippen LogP contribution >= 0.6 is 0 Å². The summed E-state index contributed by atoms with van der Waals surface area (Å²) in [5.74, 6) is 1.18. The normalized spacial score (nSPS) is 17.9. The van der Waals surface area contributed by atoms with Crippen molar-refractivity contribution >= 4 is 11.8 Å². The van der Waals surface area contributed by atoms with E-state index in [0.717, 1.165) is 16.9 Å². The van der Waals surface area contributed by atoms with Gasteiger partial charge in [-0.05, 0) is 30.2 Å². The van der Waals surface area contributed by atoms with E-state index in [1.165, 1.54) is 5.56 Å². The number of nitrogens with zero attached hydrogens (tertiary/aromatic N) is 2. The molecule has 2 heterocycles. The van der Waals surface area contributed by atoms with Gasteiger partial charge in [-0.1, -0.05) is 35.9 Å². The molecule has 0 N–H and O–H groups in total. The molecule has 0 saturated carbocycles. The van der Waals surface area contributed by atoms with Crippen LogP contribution in [-0.2, 0) is 22.7 Å². The molecule has 1 atom stereocenters. The molecule has 6 nitrogen and oxygen atoms in total. The highest BCUT2D eigenvalue weighted by Crippen LogP contribution is 2.33. The Kier molecular flexibility index (Phi) is 4.94. The molecule has 0 aromatic heterocycles. The van der Waals surface area contributed by atoms with Crippen molar-refractivity contribution in [1.29, 1.82) is 0 Å². The van der Waals surface area contributed by atoms with Crippen molar-refractivity contribution in [1.82, 2.24) is 9.80 Å². The summed E-state index contributed by atoms with van der Waals surface area (Å²) in [6.45, 7) is 3.76. The molecular formula is C22H24N2O4. The number of aryl methyl sites for hydroxylation is 1. The fourth-order valence-corrected chi connectivity index (χ4v) is 3.71. The Morgan fingerprint density at radius 2 is 1.82 bits per heavy atom. The number of carbonyl (C=O) groups excluding carboxylic acids is 2. The number of amides is 2. The Balaban J connectivity index is 1.36. The first-order valence-electron chi connectivity index (χ1n) is 9.46. The van der Waals surface area contributed by atoms with E-state index in [2.05, 4.69) is 0 Å². The van der Waals surface area contributed by atoms with Gasteiger partial charge in [0.15, 0.2) is 11.5 Å². The molecule has 0 spiro atoms. The van der Waals surface area contributed by atoms with Gasteiger partial charge in [-0.15, -0.1) is 0 Å². The van der Waals surface area contributed by atoms with Crippen molar-refractivity contribution in [2.45, 2.75) is 26.4 Å². The fourth-order valence-electron chi connectivity index (χ4n) is 3.71. The SMILES string of the molecule is Cc1ccc(CN2CC(C(=O)N(C)Cc3ccc4c(c3)OCO4)CC2=O)cc1. The van der Waals surface area contributed by atoms with E-state index in [-0.39, 0.29) is 30.9 Å². The van der Waals surface area contributed by atoms with Crippen LogP contribution in [0.5, 0.6) is 11.5 Å². The monoisotopic (exact) mass is 380 g/mol. The largest absolute Gasteiger partial charge is 0.454 e. The lowest BCUT2D eigenvalue weighted by Crippen LogP contribution is -2.34. The van der Waals surface area contributed by atoms with Crippen molar-refractivity contribution < 1.29 is 19.1 Å². The van der Waals surface area contributed by atoms with Gasteiger partial charge < -0.3 is 19.3 Å². The summed E-state index contributed by atoms with van der Waals surface area (Å²) in [5, 5.41) is 0. The van der Waals surface area contributed by atoms with Gasteiger partial charge in [0.1, 0.15) is 0 Å². The van der Waals surface area contributed by atoms with E-state index >= 15 is 0 Å². The third-order valence-corrected chi connectivity index (χ3v) is 5.29. The van der Waals surface area contributed by atoms with Crippen molar-refractivity contribution in [3.8, 4) is 11.5 Å². The van der Waals surface area contributed by atoms with Crippen LogP contribution in [0, 0.1) is 12.8 Å². The van der Waals surface area contributed by atoms with Gasteiger partial charge in [-0.25, -0.2) is 0 Å². The van der Waals surface area contributed by atoms with Gasteiger partial charge >= 0.3 is 0 Å². The van der Waals surface area contributed by atoms with Crippen molar-refractivity contribution in [2.24, 2.45) is 5.92 Å². The highest BCUT2D eigenvalue weighted by Gasteiger charge is 2.35. The maximum Gasteiger partial charge on any atom is 0.231 e. The Labute approximate surface area is 164 Å². The third kappa shape index (κ3) is 3.81. The van der Waals surface area contributed by atoms with Gasteiger partial charge in [0.05, 0.1) is 5.92 Å². The molecule has 2 aliphatic heterocycles. The van der Waals surface area contributed by atoms with Crippen LogP contribution in [0.15, 0.2) is 42.5 Å². The Bertz CT molecular complexity index is 894. The zero-order valence-corrected chi connectivity index (χ0v) is 16.2. The van der Waals surface area contributed by atoms with Crippen LogP contribution in [-0.4, -0.2) is 42.0 Å². The number of likely N-dealkylation sites (tertiary alicyclic amines) is 1. The lowest BCUT2D eigenvalue weighted by atomic mass is 10.1. The van der Waals surface area contributed by atoms with E-state index < -0.39 is 0 Å². The van der Waals surface area contributed by atoms with Gasteiger partial charge in [-0.3, -0.25) is 9.59 Å². The van der Waals surface area contributed by atoms with Crippen LogP contribution in [0.3, 0.4) is 0 Å². The average molecular weight is 380 g/mol. The van der Waals surface area contributed by atoms with Gasteiger partial charge in [0.25, 0.3) is 0 Å². The standard InChI is InChI=1S/C22H24N2O4/c1-15-3-5-16(6-4-15)12-24-13-18(10-21(24)25)22(26)23(2)11-17-7-8-19-20(9-17)28-14-27-19/h3-9,18H,10-14H2,1-2H3. The number of ether oxygens (including phenoxy) is 2. The van der Waals surface area contributed by atoms with E-state index in [0.29, 0.717) is 25.4 Å². The minimum Gasteiger partial charge on any atom is -0.454 e. The topological polar surface area (TPSA) is 59.1 Å². The van der Waals surface area contributed by atoms with Crippen LogP contribution in [0.4, 0.5) is 0 Å². The van der Waals surface area contributed by atoms with Crippen LogP contribution in [0.2, 0.25) is 0 Å². The molecule has 2 aromatic rings. The number of rotatable bonds is 5. The molecule has 1 unspecified atom stereocenters. The Morgan fingerprint density at radius 1 is 1.11 bits per heavy atom. The summed E-state index contributed by atoms with van der Waals surface area (Å²) in [6.07, 6.45) is 0.274. The number of hydrogen-bond acceptors (Lipinski definition) is 4. The van der Waals surface area contributed by atoms with Gasteiger partial charge in [0, 0.05) is 33.1 Å². The minimum atomic E-state index is -0.294. The molecule has 4 rings (SSSR count). The van der Waals surface area contributed by atoms with Crippen LogP contribution in [0.25, 0.3) is 0 Å². The number of benzene rings is 2. The summed E-state index contributed by atoms with van der Waals surface area (Å²) >= 11 is 0. The first-order chi connectivity index (χ1) is 13.5. The first-order valence-corrected chi connectivity index (χ1v) is 9.46. The second kappa shape index (κ2) is 7.54. The zero-order chi connectivity index (χ0) is 19.7. The minimum absolute atomic E-state index is 0.00239. The van der Waals surface area contributed by atoms with Crippen molar-refractivity contribution in [2.75, 3.05) is 20.4 Å². The summed E-state index contributed by atoms with van der Waals surface area (Å²) in [4.78, 5) is 28.7. The number of hydrogen-bond donors (Lipinski definition) is 0. The predicted octanol–water partition coefficient (Wildman–Crippen LogP) is 2.73. The van der Waals surface area contributed by atoms with Gasteiger partial charge in [0.2, 0.25) is 18.6 Å². The molecule has 6 heteroatoms. The molecule has 2 aliphatic rings. The highest BCUT2D eigenvalue weighted by atomic mass is 16.7. The molecule has 1 saturated heterocycles. The predicted molar refractivity (Wildman–Crippen MR) is 104 cm³/mol. The van der Waals surface area contributed by atoms with Gasteiger partial charge in [-0.2, -0.15) is 0 Å². The number of carbonyl (C=O) groups is 2. The number of fused-ring (bicyclic) bond motifs is 1. The summed E-state index contributed by atoms with van der Waals surface area (Å²) in [5.41, 5.74) is 3.25. The van der Waals surface area contributed by atoms with E-state index in [1.54, 1.807) is 16.8 Å². The average Bonchev–Trinajstić information content (AvgIpc) is 3.29. The molecule has 0 radical (unpaired) electrons. The lowest BCUT2D eigenvalue weighted by Gasteiger charge is -2.22. The molecule has 0 aliphatic carbocycles. The Hall–Kier alpha value is -3.02. The highest BCUT2D eigenvalue weighted by molar-refractivity contribution is 5.89. The molecule has 2 amide bonds. The van der Waals surface area contributed by atoms with Crippen LogP contribution < -0.4 is 9.47 Å². The van der Waals surface area contributed by atoms with Crippen LogP contribution in [0.1, 0.15) is 23.1 Å². The molecule has 146 valence electrons. The summed E-state index contributed by atoms with van der Waals surface area (Å²) in [6, 6.07) is 13.8. The maximum absolute atomic E-state index is 12.9. The molecule has 2 aromatic carbocycles. The molecular weight excluding hydrogens is 356 g/mol.